The molecule has 0 radical (unpaired) electrons. The molecule has 62 heavy (non-hydrogen) atoms. The van der Waals surface area contributed by atoms with E-state index >= 15 is 0 Å². The van der Waals surface area contributed by atoms with Crippen LogP contribution in [0.25, 0.3) is 0 Å². The van der Waals surface area contributed by atoms with Crippen LogP contribution in [0.2, 0.25) is 0 Å². The van der Waals surface area contributed by atoms with Gasteiger partial charge in [0.1, 0.15) is 23.0 Å². The third kappa shape index (κ3) is 28.6. The average Bonchev–Trinajstić information content (AvgIpc) is 3.13. The topological polar surface area (TPSA) is 251 Å². The molecule has 350 valence electrons. The zero-order chi connectivity index (χ0) is 46.0. The molecule has 0 heterocycles. The van der Waals surface area contributed by atoms with Crippen LogP contribution in [-0.2, 0) is 52.4 Å². The van der Waals surface area contributed by atoms with Gasteiger partial charge in [0.05, 0.1) is 12.2 Å². The molecule has 0 saturated carbocycles. The first-order valence-electron chi connectivity index (χ1n) is 20.4. The predicted molar refractivity (Wildman–Crippen MR) is 246 cm³/mol. The second-order valence-corrected chi connectivity index (χ2v) is 20.7. The van der Waals surface area contributed by atoms with Gasteiger partial charge in [-0.3, -0.25) is 13.7 Å². The van der Waals surface area contributed by atoms with Crippen LogP contribution in [0.5, 0.6) is 23.0 Å². The second-order valence-electron chi connectivity index (χ2n) is 14.7. The summed E-state index contributed by atoms with van der Waals surface area (Å²) >= 11 is 0. The van der Waals surface area contributed by atoms with Crippen LogP contribution in [0, 0.1) is 0 Å². The first kappa shape index (κ1) is 55.1. The van der Waals surface area contributed by atoms with Crippen LogP contribution in [0.4, 0.5) is 0 Å². The summed E-state index contributed by atoms with van der Waals surface area (Å²) < 4.78 is 113. The number of benzene rings is 2. The van der Waals surface area contributed by atoms with Crippen molar-refractivity contribution in [2.24, 2.45) is 0 Å². The van der Waals surface area contributed by atoms with Gasteiger partial charge in [-0.2, -0.15) is 25.3 Å². The van der Waals surface area contributed by atoms with Crippen molar-refractivity contribution in [1.29, 1.82) is 0 Å². The monoisotopic (exact) mass is 966 g/mol. The summed E-state index contributed by atoms with van der Waals surface area (Å²) in [6.07, 6.45) is 22.2. The summed E-state index contributed by atoms with van der Waals surface area (Å²) in [5, 5.41) is 29.3. The lowest BCUT2D eigenvalue weighted by molar-refractivity contribution is 0.172. The summed E-state index contributed by atoms with van der Waals surface area (Å²) in [5.41, 5.74) is 1.43. The Morgan fingerprint density at radius 2 is 0.935 bits per heavy atom. The van der Waals surface area contributed by atoms with Crippen molar-refractivity contribution < 1.29 is 66.8 Å². The van der Waals surface area contributed by atoms with E-state index in [1.54, 1.807) is 48.6 Å². The molecule has 0 fully saturated rings. The number of allylic oxidation sites excluding steroid dienone is 6. The molecule has 2 rings (SSSR count). The van der Waals surface area contributed by atoms with E-state index in [1.165, 1.54) is 39.8 Å². The van der Waals surface area contributed by atoms with Crippen molar-refractivity contribution in [2.45, 2.75) is 139 Å². The van der Waals surface area contributed by atoms with Crippen LogP contribution in [0.1, 0.15) is 115 Å². The van der Waals surface area contributed by atoms with Crippen molar-refractivity contribution >= 4 is 52.8 Å². The van der Waals surface area contributed by atoms with Gasteiger partial charge in [0.2, 0.25) is 0 Å². The van der Waals surface area contributed by atoms with E-state index in [2.05, 4.69) is 4.18 Å². The minimum Gasteiger partial charge on any atom is -0.508 e. The number of aryl methyl sites for hydroxylation is 2. The summed E-state index contributed by atoms with van der Waals surface area (Å²) in [5.74, 6) is -0.437. The molecule has 0 aliphatic heterocycles. The maximum atomic E-state index is 11.9. The van der Waals surface area contributed by atoms with Crippen molar-refractivity contribution in [1.82, 2.24) is 0 Å². The Morgan fingerprint density at radius 1 is 0.532 bits per heavy atom. The first-order chi connectivity index (χ1) is 29.2. The fraction of sp³-hybridized carbons (Fsp3) is 0.524. The fourth-order valence-electron chi connectivity index (χ4n) is 6.56. The third-order valence-corrected chi connectivity index (χ3v) is 14.1. The number of phenols is 3. The Morgan fingerprint density at radius 3 is 1.34 bits per heavy atom. The number of hydrogen-bond donors (Lipinski definition) is 6. The van der Waals surface area contributed by atoms with Gasteiger partial charge < -0.3 is 19.5 Å². The normalized spacial score (nSPS) is 14.9. The standard InChI is InChI=1S/C42H62O15S5/c1-3-5-7-15-21-38(55-60(46,47)48)31-41(23-17-11-9-13-19-33-25-35(43)29-36(44)26-33)58-59-42(32-39(56-61(49,50)51)22-16-8-6-4-2)24-18-12-10-14-20-34-27-37(45)30-40(28-34)57-62(52,53)54/h3-8,15-16,25-30,38-39,41-45H,9-14,17-24,31-32H2,1-2H3,(H,46,47,48)(H,49,50,51)(H,52,53,54)/b5-3+,6-4+,15-7+,16-8+/t38-,39+,41+,42-/m0/s1. The highest BCUT2D eigenvalue weighted by atomic mass is 33.1. The van der Waals surface area contributed by atoms with Gasteiger partial charge in [0.15, 0.2) is 0 Å². The number of phenolic OH excluding ortho intramolecular Hbond substituents is 3. The number of unbranched alkanes of at least 4 members (excludes halogenated alkanes) is 6. The molecule has 2 aromatic rings. The minimum absolute atomic E-state index is 0.00341. The first-order valence-corrected chi connectivity index (χ1v) is 26.8. The molecule has 0 amide bonds. The quantitative estimate of drug-likeness (QED) is 0.0168. The van der Waals surface area contributed by atoms with Gasteiger partial charge >= 0.3 is 31.2 Å². The molecule has 6 N–H and O–H groups in total. The van der Waals surface area contributed by atoms with Crippen LogP contribution in [-0.4, -0.2) is 76.9 Å². The molecule has 20 heteroatoms. The highest BCUT2D eigenvalue weighted by molar-refractivity contribution is 8.77. The SMILES string of the molecule is C/C=C/C=C/C[C@H](C[C@H](CCCCCCc1cc(O)cc(OS(=O)(=O)O)c1)SS[C@H](CCCCCCc1cc(O)cc(O)c1)C[C@H](C/C=C/C=C/C)OS(=O)(=O)O)OS(=O)(=O)O. The van der Waals surface area contributed by atoms with Gasteiger partial charge in [-0.1, -0.05) is 109 Å². The van der Waals surface area contributed by atoms with E-state index in [0.29, 0.717) is 37.7 Å². The van der Waals surface area contributed by atoms with Crippen LogP contribution < -0.4 is 4.18 Å². The van der Waals surface area contributed by atoms with Gasteiger partial charge in [-0.05, 0) is 113 Å². The molecule has 0 aliphatic carbocycles. The molecule has 2 aromatic carbocycles. The van der Waals surface area contributed by atoms with Crippen LogP contribution >= 0.6 is 21.6 Å². The third-order valence-electron chi connectivity index (χ3n) is 9.17. The molecule has 0 saturated heterocycles. The lowest BCUT2D eigenvalue weighted by atomic mass is 10.0. The zero-order valence-corrected chi connectivity index (χ0v) is 39.2. The van der Waals surface area contributed by atoms with Gasteiger partial charge in [0.25, 0.3) is 0 Å². The van der Waals surface area contributed by atoms with Crippen LogP contribution in [0.15, 0.2) is 85.0 Å². The largest absolute Gasteiger partial charge is 0.508 e. The molecule has 0 aromatic heterocycles. The molecule has 0 spiro atoms. The number of rotatable bonds is 33. The zero-order valence-electron chi connectivity index (χ0n) is 35.1. The molecule has 0 unspecified atom stereocenters. The van der Waals surface area contributed by atoms with E-state index < -0.39 is 43.4 Å². The molecule has 15 nitrogen and oxygen atoms in total. The summed E-state index contributed by atoms with van der Waals surface area (Å²) in [6, 6.07) is 8.48. The Labute approximate surface area is 376 Å². The van der Waals surface area contributed by atoms with Crippen molar-refractivity contribution in [2.75, 3.05) is 0 Å². The van der Waals surface area contributed by atoms with Crippen molar-refractivity contribution in [3.63, 3.8) is 0 Å². The highest BCUT2D eigenvalue weighted by Crippen LogP contribution is 2.41. The van der Waals surface area contributed by atoms with Crippen LogP contribution in [0.3, 0.4) is 0 Å². The van der Waals surface area contributed by atoms with Gasteiger partial charge in [-0.25, -0.2) is 8.37 Å². The Bertz CT molecular complexity index is 2050. The van der Waals surface area contributed by atoms with E-state index in [0.717, 1.165) is 56.6 Å². The Kier molecular flexibility index (Phi) is 26.1. The summed E-state index contributed by atoms with van der Waals surface area (Å²) in [4.78, 5) is 0. The number of hydrogen-bond acceptors (Lipinski definition) is 14. The lowest BCUT2D eigenvalue weighted by Gasteiger charge is -2.25. The maximum Gasteiger partial charge on any atom is 0.446 e. The number of aromatic hydroxyl groups is 3. The van der Waals surface area contributed by atoms with E-state index in [1.807, 2.05) is 26.0 Å². The molecule has 0 aliphatic rings. The Balaban J connectivity index is 2.22. The second kappa shape index (κ2) is 29.4. The van der Waals surface area contributed by atoms with Crippen molar-refractivity contribution in [3.05, 3.63) is 96.1 Å². The van der Waals surface area contributed by atoms with E-state index in [4.69, 9.17) is 12.9 Å². The molecule has 0 bridgehead atoms. The van der Waals surface area contributed by atoms with Gasteiger partial charge in [0, 0.05) is 22.6 Å². The minimum atomic E-state index is -4.78. The Hall–Kier alpha value is -3.05. The molecule has 4 atom stereocenters. The highest BCUT2D eigenvalue weighted by Gasteiger charge is 2.26. The maximum absolute atomic E-state index is 11.9. The lowest BCUT2D eigenvalue weighted by Crippen LogP contribution is -2.23. The smallest absolute Gasteiger partial charge is 0.446 e. The van der Waals surface area contributed by atoms with E-state index in [9.17, 15) is 49.7 Å². The average molecular weight is 967 g/mol. The van der Waals surface area contributed by atoms with Crippen molar-refractivity contribution in [3.8, 4) is 23.0 Å². The predicted octanol–water partition coefficient (Wildman–Crippen LogP) is 9.99. The fourth-order valence-corrected chi connectivity index (χ4v) is 11.3. The summed E-state index contributed by atoms with van der Waals surface area (Å²) in [6.45, 7) is 3.68. The molecular formula is C42H62O15S5. The van der Waals surface area contributed by atoms with Gasteiger partial charge in [-0.15, -0.1) is 0 Å². The summed E-state index contributed by atoms with van der Waals surface area (Å²) in [7, 11) is -11.3. The molecular weight excluding hydrogens is 905 g/mol. The van der Waals surface area contributed by atoms with E-state index in [-0.39, 0.29) is 59.2 Å².